The minimum Gasteiger partial charge on any atom is -0.497 e. The lowest BCUT2D eigenvalue weighted by atomic mass is 9.86. The monoisotopic (exact) mass is 315 g/mol. The molecule has 124 valence electrons. The molecule has 5 heteroatoms. The first-order chi connectivity index (χ1) is 11.0. The number of nitrogens with zero attached hydrogens (tertiary/aromatic N) is 3. The highest BCUT2D eigenvalue weighted by Crippen LogP contribution is 2.36. The van der Waals surface area contributed by atoms with Crippen LogP contribution in [0.25, 0.3) is 0 Å². The third-order valence-electron chi connectivity index (χ3n) is 4.97. The zero-order valence-corrected chi connectivity index (χ0v) is 14.1. The first kappa shape index (κ1) is 16.0. The Morgan fingerprint density at radius 2 is 2.04 bits per heavy atom. The summed E-state index contributed by atoms with van der Waals surface area (Å²) >= 11 is 0. The third-order valence-corrected chi connectivity index (χ3v) is 4.97. The quantitative estimate of drug-likeness (QED) is 0.920. The summed E-state index contributed by atoms with van der Waals surface area (Å²) in [4.78, 5) is 2.36. The van der Waals surface area contributed by atoms with Crippen molar-refractivity contribution in [2.45, 2.75) is 38.0 Å². The van der Waals surface area contributed by atoms with Crippen molar-refractivity contribution in [1.29, 1.82) is 0 Å². The van der Waals surface area contributed by atoms with E-state index in [1.165, 1.54) is 5.69 Å². The molecule has 2 atom stereocenters. The lowest BCUT2D eigenvalue weighted by Gasteiger charge is -2.37. The fraction of sp³-hybridized carbons (Fsp3) is 0.500. The molecule has 0 aliphatic carbocycles. The summed E-state index contributed by atoms with van der Waals surface area (Å²) in [5.74, 6) is 0.808. The fourth-order valence-corrected chi connectivity index (χ4v) is 3.54. The van der Waals surface area contributed by atoms with E-state index in [0.29, 0.717) is 0 Å². The molecule has 1 aromatic carbocycles. The van der Waals surface area contributed by atoms with Crippen molar-refractivity contribution >= 4 is 0 Å². The number of likely N-dealkylation sites (tertiary alicyclic amines) is 1. The Hall–Kier alpha value is -1.85. The van der Waals surface area contributed by atoms with E-state index in [1.54, 1.807) is 7.11 Å². The van der Waals surface area contributed by atoms with Crippen LogP contribution in [-0.2, 0) is 19.2 Å². The summed E-state index contributed by atoms with van der Waals surface area (Å²) in [5, 5.41) is 15.4. The number of ether oxygens (including phenoxy) is 1. The molecule has 5 nitrogen and oxygen atoms in total. The molecule has 0 unspecified atom stereocenters. The number of hydrogen-bond acceptors (Lipinski definition) is 4. The van der Waals surface area contributed by atoms with Gasteiger partial charge in [-0.05, 0) is 50.1 Å². The average Bonchev–Trinajstić information content (AvgIpc) is 3.18. The number of hydrogen-bond donors (Lipinski definition) is 1. The molecule has 1 aliphatic heterocycles. The molecule has 0 amide bonds. The van der Waals surface area contributed by atoms with Gasteiger partial charge in [0.25, 0.3) is 0 Å². The van der Waals surface area contributed by atoms with Crippen LogP contribution in [-0.4, -0.2) is 39.5 Å². The first-order valence-corrected chi connectivity index (χ1v) is 8.10. The van der Waals surface area contributed by atoms with Crippen LogP contribution in [0.1, 0.15) is 31.0 Å². The maximum absolute atomic E-state index is 11.2. The SMILES string of the molecule is COc1ccc([C@](C)(O)[C@@H]2CCCN2Cc2ccnn2C)cc1. The van der Waals surface area contributed by atoms with E-state index in [1.807, 2.05) is 55.2 Å². The normalized spacial score (nSPS) is 21.3. The topological polar surface area (TPSA) is 50.5 Å². The van der Waals surface area contributed by atoms with Crippen molar-refractivity contribution in [2.24, 2.45) is 7.05 Å². The van der Waals surface area contributed by atoms with Gasteiger partial charge in [-0.3, -0.25) is 9.58 Å². The van der Waals surface area contributed by atoms with Gasteiger partial charge in [0.05, 0.1) is 12.8 Å². The number of benzene rings is 1. The van der Waals surface area contributed by atoms with Crippen LogP contribution < -0.4 is 4.74 Å². The average molecular weight is 315 g/mol. The van der Waals surface area contributed by atoms with E-state index < -0.39 is 5.60 Å². The summed E-state index contributed by atoms with van der Waals surface area (Å²) in [6.45, 7) is 3.73. The molecule has 0 radical (unpaired) electrons. The van der Waals surface area contributed by atoms with Crippen LogP contribution in [0, 0.1) is 0 Å². The van der Waals surface area contributed by atoms with Gasteiger partial charge in [0.2, 0.25) is 0 Å². The van der Waals surface area contributed by atoms with Gasteiger partial charge in [-0.2, -0.15) is 5.10 Å². The van der Waals surface area contributed by atoms with Crippen LogP contribution in [0.4, 0.5) is 0 Å². The standard InChI is InChI=1S/C18H25N3O2/c1-18(22,14-6-8-16(23-3)9-7-14)17-5-4-12-21(17)13-15-10-11-19-20(15)2/h6-11,17,22H,4-5,12-13H2,1-3H3/t17-,18-/m0/s1. The zero-order valence-electron chi connectivity index (χ0n) is 14.1. The molecule has 2 aromatic rings. The number of aromatic nitrogens is 2. The van der Waals surface area contributed by atoms with Crippen molar-refractivity contribution in [3.8, 4) is 5.75 Å². The van der Waals surface area contributed by atoms with E-state index in [4.69, 9.17) is 4.74 Å². The predicted molar refractivity (Wildman–Crippen MR) is 89.2 cm³/mol. The Balaban J connectivity index is 1.80. The molecular weight excluding hydrogens is 290 g/mol. The Morgan fingerprint density at radius 1 is 1.30 bits per heavy atom. The maximum atomic E-state index is 11.2. The molecule has 0 spiro atoms. The molecular formula is C18H25N3O2. The van der Waals surface area contributed by atoms with Gasteiger partial charge in [-0.25, -0.2) is 0 Å². The van der Waals surface area contributed by atoms with Gasteiger partial charge >= 0.3 is 0 Å². The van der Waals surface area contributed by atoms with Crippen molar-refractivity contribution in [3.05, 3.63) is 47.8 Å². The summed E-state index contributed by atoms with van der Waals surface area (Å²) in [7, 11) is 3.61. The minimum atomic E-state index is -0.888. The Labute approximate surface area is 137 Å². The molecule has 1 aliphatic rings. The second-order valence-electron chi connectivity index (χ2n) is 6.45. The lowest BCUT2D eigenvalue weighted by Crippen LogP contribution is -2.45. The second-order valence-corrected chi connectivity index (χ2v) is 6.45. The fourth-order valence-electron chi connectivity index (χ4n) is 3.54. The maximum Gasteiger partial charge on any atom is 0.118 e. The number of rotatable bonds is 5. The molecule has 0 saturated carbocycles. The summed E-state index contributed by atoms with van der Waals surface area (Å²) in [5.41, 5.74) is 1.21. The molecule has 0 bridgehead atoms. The van der Waals surface area contributed by atoms with Gasteiger partial charge < -0.3 is 9.84 Å². The molecule has 23 heavy (non-hydrogen) atoms. The van der Waals surface area contributed by atoms with Crippen molar-refractivity contribution in [3.63, 3.8) is 0 Å². The van der Waals surface area contributed by atoms with E-state index in [2.05, 4.69) is 10.00 Å². The minimum absolute atomic E-state index is 0.103. The summed E-state index contributed by atoms with van der Waals surface area (Å²) in [6, 6.07) is 9.87. The lowest BCUT2D eigenvalue weighted by molar-refractivity contribution is -0.0260. The summed E-state index contributed by atoms with van der Waals surface area (Å²) in [6.07, 6.45) is 3.92. The van der Waals surface area contributed by atoms with E-state index in [0.717, 1.165) is 37.2 Å². The van der Waals surface area contributed by atoms with Gasteiger partial charge in [-0.1, -0.05) is 12.1 Å². The molecule has 1 saturated heterocycles. The summed E-state index contributed by atoms with van der Waals surface area (Å²) < 4.78 is 7.11. The molecule has 2 heterocycles. The predicted octanol–water partition coefficient (Wildman–Crippen LogP) is 2.30. The second kappa shape index (κ2) is 6.34. The van der Waals surface area contributed by atoms with E-state index in [9.17, 15) is 5.11 Å². The number of aryl methyl sites for hydroxylation is 1. The largest absolute Gasteiger partial charge is 0.497 e. The van der Waals surface area contributed by atoms with Crippen LogP contribution in [0.5, 0.6) is 5.75 Å². The zero-order chi connectivity index (χ0) is 16.4. The molecule has 1 N–H and O–H groups in total. The van der Waals surface area contributed by atoms with Crippen LogP contribution in [0.15, 0.2) is 36.5 Å². The number of methoxy groups -OCH3 is 1. The van der Waals surface area contributed by atoms with E-state index in [-0.39, 0.29) is 6.04 Å². The Kier molecular flexibility index (Phi) is 4.41. The third kappa shape index (κ3) is 3.12. The Morgan fingerprint density at radius 3 is 2.65 bits per heavy atom. The number of aliphatic hydroxyl groups is 1. The van der Waals surface area contributed by atoms with Crippen molar-refractivity contribution < 1.29 is 9.84 Å². The van der Waals surface area contributed by atoms with Crippen molar-refractivity contribution in [2.75, 3.05) is 13.7 Å². The Bertz CT molecular complexity index is 649. The molecule has 1 aromatic heterocycles. The van der Waals surface area contributed by atoms with Crippen molar-refractivity contribution in [1.82, 2.24) is 14.7 Å². The van der Waals surface area contributed by atoms with Gasteiger partial charge in [-0.15, -0.1) is 0 Å². The highest BCUT2D eigenvalue weighted by atomic mass is 16.5. The van der Waals surface area contributed by atoms with Crippen LogP contribution in [0.3, 0.4) is 0 Å². The molecule has 3 rings (SSSR count). The highest BCUT2D eigenvalue weighted by Gasteiger charge is 2.40. The van der Waals surface area contributed by atoms with Crippen LogP contribution >= 0.6 is 0 Å². The van der Waals surface area contributed by atoms with Gasteiger partial charge in [0.1, 0.15) is 11.4 Å². The van der Waals surface area contributed by atoms with Gasteiger partial charge in [0, 0.05) is 25.8 Å². The first-order valence-electron chi connectivity index (χ1n) is 8.10. The van der Waals surface area contributed by atoms with Crippen LogP contribution in [0.2, 0.25) is 0 Å². The van der Waals surface area contributed by atoms with Gasteiger partial charge in [0.15, 0.2) is 0 Å². The smallest absolute Gasteiger partial charge is 0.118 e. The van der Waals surface area contributed by atoms with E-state index >= 15 is 0 Å². The molecule has 1 fully saturated rings. The highest BCUT2D eigenvalue weighted by molar-refractivity contribution is 5.31.